The molecule has 0 spiro atoms. The molecular formula is C64H50N2O3. The molecule has 0 N–H and O–H groups in total. The van der Waals surface area contributed by atoms with Crippen molar-refractivity contribution in [2.45, 2.75) is 52.4 Å². The number of hydrogen-bond acceptors (Lipinski definition) is 5. The van der Waals surface area contributed by atoms with Crippen molar-refractivity contribution in [2.75, 3.05) is 9.80 Å². The maximum atomic E-state index is 7.14. The van der Waals surface area contributed by atoms with Crippen molar-refractivity contribution in [1.82, 2.24) is 0 Å². The first-order chi connectivity index (χ1) is 33.4. The first-order valence-electron chi connectivity index (χ1n) is 23.9. The van der Waals surface area contributed by atoms with Crippen LogP contribution in [0, 0.1) is 0 Å². The summed E-state index contributed by atoms with van der Waals surface area (Å²) in [4.78, 5) is 4.69. The third-order valence-electron chi connectivity index (χ3n) is 14.1. The highest BCUT2D eigenvalue weighted by atomic mass is 16.3. The van der Waals surface area contributed by atoms with Gasteiger partial charge in [0.25, 0.3) is 0 Å². The van der Waals surface area contributed by atoms with Gasteiger partial charge in [0.15, 0.2) is 0 Å². The van der Waals surface area contributed by atoms with Gasteiger partial charge in [0.1, 0.15) is 33.5 Å². The summed E-state index contributed by atoms with van der Waals surface area (Å²) < 4.78 is 19.7. The predicted octanol–water partition coefficient (Wildman–Crippen LogP) is 19.2. The molecule has 0 radical (unpaired) electrons. The fourth-order valence-corrected chi connectivity index (χ4v) is 10.5. The largest absolute Gasteiger partial charge is 0.456 e. The topological polar surface area (TPSA) is 45.9 Å². The second kappa shape index (κ2) is 15.1. The minimum absolute atomic E-state index is 0.0252. The van der Waals surface area contributed by atoms with Gasteiger partial charge in [0, 0.05) is 77.9 Å². The second-order valence-corrected chi connectivity index (χ2v) is 20.6. The molecule has 0 saturated heterocycles. The first kappa shape index (κ1) is 41.0. The molecule has 0 amide bonds. The van der Waals surface area contributed by atoms with E-state index in [1.165, 1.54) is 16.5 Å². The van der Waals surface area contributed by atoms with Gasteiger partial charge in [-0.2, -0.15) is 0 Å². The summed E-state index contributed by atoms with van der Waals surface area (Å²) >= 11 is 0. The maximum absolute atomic E-state index is 7.14. The highest BCUT2D eigenvalue weighted by Gasteiger charge is 2.24. The molecule has 0 fully saturated rings. The smallest absolute Gasteiger partial charge is 0.143 e. The number of fused-ring (bicyclic) bond motifs is 14. The summed E-state index contributed by atoms with van der Waals surface area (Å²) in [6.07, 6.45) is 0. The third kappa shape index (κ3) is 6.67. The molecule has 0 saturated carbocycles. The van der Waals surface area contributed by atoms with Gasteiger partial charge in [0.05, 0.1) is 0 Å². The quantitative estimate of drug-likeness (QED) is 0.156. The number of benzene rings is 10. The summed E-state index contributed by atoms with van der Waals surface area (Å²) in [5.41, 5.74) is 14.1. The molecule has 13 aromatic rings. The number of furan rings is 3. The van der Waals surface area contributed by atoms with Crippen LogP contribution in [0.3, 0.4) is 0 Å². The van der Waals surface area contributed by atoms with Crippen molar-refractivity contribution >= 4 is 121 Å². The lowest BCUT2D eigenvalue weighted by atomic mass is 9.87. The standard InChI is InChI=1S/C64H50N2O3/c1-63(2,3)39-19-23-41(24-20-39)65(44-29-33-58-54(36-44)48-14-9-11-17-56(48)67-58)43-27-31-51-53(35-43)47-13-7-8-16-50(47)61-52-32-28-46(38-60(52)69-62(51)61)66(42-25-21-40(22-26-42)64(4,5)6)45-30-34-59-55(37-45)49-15-10-12-18-57(49)68-59/h7-38H,1-6H3. The molecule has 0 atom stereocenters. The normalized spacial score (nSPS) is 12.5. The highest BCUT2D eigenvalue weighted by molar-refractivity contribution is 6.30. The van der Waals surface area contributed by atoms with Crippen LogP contribution < -0.4 is 9.80 Å². The average Bonchev–Trinajstić information content (AvgIpc) is 4.05. The lowest BCUT2D eigenvalue weighted by Gasteiger charge is -2.27. The van der Waals surface area contributed by atoms with Gasteiger partial charge in [0.2, 0.25) is 0 Å². The molecule has 0 bridgehead atoms. The van der Waals surface area contributed by atoms with Gasteiger partial charge in [-0.15, -0.1) is 0 Å². The van der Waals surface area contributed by atoms with Crippen LogP contribution in [0.1, 0.15) is 52.7 Å². The van der Waals surface area contributed by atoms with Gasteiger partial charge in [-0.25, -0.2) is 0 Å². The lowest BCUT2D eigenvalue weighted by molar-refractivity contribution is 0.590. The Bertz CT molecular complexity index is 4160. The Morgan fingerprint density at radius 1 is 0.275 bits per heavy atom. The zero-order valence-corrected chi connectivity index (χ0v) is 39.6. The summed E-state index contributed by atoms with van der Waals surface area (Å²) in [5, 5.41) is 11.1. The molecular weight excluding hydrogens is 845 g/mol. The van der Waals surface area contributed by atoms with Crippen LogP contribution in [-0.4, -0.2) is 0 Å². The van der Waals surface area contributed by atoms with E-state index in [1.54, 1.807) is 0 Å². The van der Waals surface area contributed by atoms with Crippen LogP contribution in [0.2, 0.25) is 0 Å². The van der Waals surface area contributed by atoms with E-state index in [0.29, 0.717) is 0 Å². The van der Waals surface area contributed by atoms with Crippen molar-refractivity contribution in [3.05, 3.63) is 205 Å². The molecule has 0 aliphatic rings. The molecule has 334 valence electrons. The summed E-state index contributed by atoms with van der Waals surface area (Å²) in [6.45, 7) is 13.6. The molecule has 0 aliphatic heterocycles. The Labute approximate surface area is 400 Å². The minimum atomic E-state index is 0.0252. The third-order valence-corrected chi connectivity index (χ3v) is 14.1. The van der Waals surface area contributed by atoms with E-state index in [9.17, 15) is 0 Å². The summed E-state index contributed by atoms with van der Waals surface area (Å²) in [6, 6.07) is 69.8. The molecule has 69 heavy (non-hydrogen) atoms. The van der Waals surface area contributed by atoms with E-state index in [1.807, 2.05) is 24.3 Å². The van der Waals surface area contributed by atoms with Gasteiger partial charge in [-0.3, -0.25) is 0 Å². The van der Waals surface area contributed by atoms with Crippen LogP contribution in [0.15, 0.2) is 207 Å². The Balaban J connectivity index is 0.993. The van der Waals surface area contributed by atoms with Gasteiger partial charge in [-0.05, 0) is 141 Å². The number of hydrogen-bond donors (Lipinski definition) is 0. The van der Waals surface area contributed by atoms with E-state index in [2.05, 4.69) is 221 Å². The predicted molar refractivity (Wildman–Crippen MR) is 290 cm³/mol. The Morgan fingerprint density at radius 3 is 1.17 bits per heavy atom. The molecule has 3 heterocycles. The van der Waals surface area contributed by atoms with E-state index in [-0.39, 0.29) is 10.8 Å². The zero-order valence-electron chi connectivity index (χ0n) is 39.6. The average molecular weight is 895 g/mol. The summed E-state index contributed by atoms with van der Waals surface area (Å²) in [7, 11) is 0. The van der Waals surface area contributed by atoms with Gasteiger partial charge >= 0.3 is 0 Å². The molecule has 0 aliphatic carbocycles. The van der Waals surface area contributed by atoms with E-state index in [4.69, 9.17) is 13.3 Å². The summed E-state index contributed by atoms with van der Waals surface area (Å²) in [5.74, 6) is 0. The zero-order chi connectivity index (χ0) is 46.8. The minimum Gasteiger partial charge on any atom is -0.456 e. The highest BCUT2D eigenvalue weighted by Crippen LogP contribution is 2.47. The van der Waals surface area contributed by atoms with E-state index >= 15 is 0 Å². The number of para-hydroxylation sites is 2. The fraction of sp³-hybridized carbons (Fsp3) is 0.125. The van der Waals surface area contributed by atoms with Crippen LogP contribution in [0.25, 0.3) is 87.4 Å². The monoisotopic (exact) mass is 894 g/mol. The van der Waals surface area contributed by atoms with Crippen LogP contribution in [-0.2, 0) is 10.8 Å². The molecule has 3 aromatic heterocycles. The fourth-order valence-electron chi connectivity index (χ4n) is 10.5. The van der Waals surface area contributed by atoms with Crippen molar-refractivity contribution < 1.29 is 13.3 Å². The Hall–Kier alpha value is -8.28. The lowest BCUT2D eigenvalue weighted by Crippen LogP contribution is -2.13. The number of rotatable bonds is 6. The van der Waals surface area contributed by atoms with Crippen molar-refractivity contribution in [3.8, 4) is 0 Å². The Morgan fingerprint density at radius 2 is 0.667 bits per heavy atom. The molecule has 5 nitrogen and oxygen atoms in total. The second-order valence-electron chi connectivity index (χ2n) is 20.6. The number of nitrogens with zero attached hydrogens (tertiary/aromatic N) is 2. The number of anilines is 6. The Kier molecular flexibility index (Phi) is 8.97. The van der Waals surface area contributed by atoms with E-state index in [0.717, 1.165) is 116 Å². The molecule has 0 unspecified atom stereocenters. The molecule has 5 heteroatoms. The van der Waals surface area contributed by atoms with Gasteiger partial charge < -0.3 is 23.1 Å². The van der Waals surface area contributed by atoms with Crippen LogP contribution in [0.5, 0.6) is 0 Å². The van der Waals surface area contributed by atoms with Crippen molar-refractivity contribution in [2.24, 2.45) is 0 Å². The van der Waals surface area contributed by atoms with E-state index < -0.39 is 0 Å². The first-order valence-corrected chi connectivity index (χ1v) is 23.9. The molecule has 13 rings (SSSR count). The SMILES string of the molecule is CC(C)(C)c1ccc(N(c2ccc3c(c2)oc2c4ccc(N(c5ccc(C(C)(C)C)cc5)c5ccc6oc7ccccc7c6c5)cc4c4ccccc4c32)c2ccc3oc4ccccc4c3c2)cc1. The van der Waals surface area contributed by atoms with Crippen molar-refractivity contribution in [1.29, 1.82) is 0 Å². The van der Waals surface area contributed by atoms with Gasteiger partial charge in [-0.1, -0.05) is 126 Å². The maximum Gasteiger partial charge on any atom is 0.143 e. The van der Waals surface area contributed by atoms with Crippen LogP contribution >= 0.6 is 0 Å². The van der Waals surface area contributed by atoms with Crippen LogP contribution in [0.4, 0.5) is 34.1 Å². The molecule has 10 aromatic carbocycles. The van der Waals surface area contributed by atoms with Crippen molar-refractivity contribution in [3.63, 3.8) is 0 Å².